The van der Waals surface area contributed by atoms with Gasteiger partial charge in [0.15, 0.2) is 5.69 Å². The SMILES string of the molecule is CCOC(=O)c1ncn(-c2ccc(Cl)cc2F)c1N. The van der Waals surface area contributed by atoms with E-state index in [0.717, 1.165) is 6.07 Å². The summed E-state index contributed by atoms with van der Waals surface area (Å²) in [6.07, 6.45) is 1.26. The van der Waals surface area contributed by atoms with Crippen molar-refractivity contribution in [2.45, 2.75) is 6.92 Å². The Kier molecular flexibility index (Phi) is 3.71. The highest BCUT2D eigenvalue weighted by Crippen LogP contribution is 2.22. The smallest absolute Gasteiger partial charge is 0.360 e. The minimum atomic E-state index is -0.645. The Balaban J connectivity index is 2.44. The third-order valence-electron chi connectivity index (χ3n) is 2.44. The molecule has 0 aliphatic carbocycles. The van der Waals surface area contributed by atoms with Crippen molar-refractivity contribution in [1.29, 1.82) is 0 Å². The summed E-state index contributed by atoms with van der Waals surface area (Å²) in [7, 11) is 0. The van der Waals surface area contributed by atoms with E-state index in [4.69, 9.17) is 22.1 Å². The number of halogens is 2. The van der Waals surface area contributed by atoms with Crippen molar-refractivity contribution < 1.29 is 13.9 Å². The fourth-order valence-corrected chi connectivity index (χ4v) is 1.74. The van der Waals surface area contributed by atoms with Gasteiger partial charge < -0.3 is 10.5 Å². The van der Waals surface area contributed by atoms with E-state index in [1.807, 2.05) is 0 Å². The zero-order valence-electron chi connectivity index (χ0n) is 10.1. The lowest BCUT2D eigenvalue weighted by Gasteiger charge is -2.07. The predicted octanol–water partition coefficient (Wildman–Crippen LogP) is 2.42. The van der Waals surface area contributed by atoms with Crippen LogP contribution in [0.15, 0.2) is 24.5 Å². The number of nitrogens with zero attached hydrogens (tertiary/aromatic N) is 2. The molecule has 0 atom stereocenters. The lowest BCUT2D eigenvalue weighted by Crippen LogP contribution is -2.09. The van der Waals surface area contributed by atoms with Gasteiger partial charge in [0.05, 0.1) is 12.3 Å². The first kappa shape index (κ1) is 13.4. The van der Waals surface area contributed by atoms with Gasteiger partial charge in [0.2, 0.25) is 0 Å². The van der Waals surface area contributed by atoms with Crippen LogP contribution < -0.4 is 5.73 Å². The molecule has 0 spiro atoms. The molecule has 1 aromatic heterocycles. The standard InChI is InChI=1S/C12H11ClFN3O2/c1-2-19-12(18)10-11(15)17(6-16-10)9-4-3-7(13)5-8(9)14/h3-6H,2,15H2,1H3. The van der Waals surface area contributed by atoms with Crippen LogP contribution in [0.1, 0.15) is 17.4 Å². The first-order chi connectivity index (χ1) is 9.04. The number of anilines is 1. The number of carbonyl (C=O) groups excluding carboxylic acids is 1. The molecule has 0 aliphatic rings. The van der Waals surface area contributed by atoms with Crippen LogP contribution in [0.3, 0.4) is 0 Å². The number of benzene rings is 1. The Hall–Kier alpha value is -2.08. The fraction of sp³-hybridized carbons (Fsp3) is 0.167. The Morgan fingerprint density at radius 3 is 2.95 bits per heavy atom. The number of rotatable bonds is 3. The van der Waals surface area contributed by atoms with Crippen LogP contribution in [-0.4, -0.2) is 22.1 Å². The topological polar surface area (TPSA) is 70.1 Å². The summed E-state index contributed by atoms with van der Waals surface area (Å²) in [6.45, 7) is 1.88. The van der Waals surface area contributed by atoms with E-state index in [-0.39, 0.29) is 28.8 Å². The molecule has 0 amide bonds. The van der Waals surface area contributed by atoms with Gasteiger partial charge in [-0.3, -0.25) is 4.57 Å². The van der Waals surface area contributed by atoms with Crippen LogP contribution in [0, 0.1) is 5.82 Å². The van der Waals surface area contributed by atoms with E-state index < -0.39 is 11.8 Å². The molecular formula is C12H11ClFN3O2. The Labute approximate surface area is 113 Å². The van der Waals surface area contributed by atoms with E-state index >= 15 is 0 Å². The summed E-state index contributed by atoms with van der Waals surface area (Å²) < 4.78 is 19.8. The predicted molar refractivity (Wildman–Crippen MR) is 68.9 cm³/mol. The molecule has 2 rings (SSSR count). The van der Waals surface area contributed by atoms with E-state index in [1.54, 1.807) is 6.92 Å². The summed E-state index contributed by atoms with van der Waals surface area (Å²) in [5.41, 5.74) is 5.89. The number of carbonyl (C=O) groups is 1. The number of ether oxygens (including phenoxy) is 1. The van der Waals surface area contributed by atoms with Gasteiger partial charge in [0.1, 0.15) is 18.0 Å². The van der Waals surface area contributed by atoms with Gasteiger partial charge in [-0.1, -0.05) is 11.6 Å². The lowest BCUT2D eigenvalue weighted by atomic mass is 10.3. The van der Waals surface area contributed by atoms with Crippen molar-refractivity contribution in [3.63, 3.8) is 0 Å². The number of hydrogen-bond acceptors (Lipinski definition) is 4. The Bertz CT molecular complexity index is 627. The quantitative estimate of drug-likeness (QED) is 0.878. The van der Waals surface area contributed by atoms with Gasteiger partial charge >= 0.3 is 5.97 Å². The zero-order valence-corrected chi connectivity index (χ0v) is 10.8. The van der Waals surface area contributed by atoms with Crippen molar-refractivity contribution in [3.8, 4) is 5.69 Å². The third kappa shape index (κ3) is 2.53. The molecule has 0 saturated carbocycles. The number of esters is 1. The second-order valence-electron chi connectivity index (χ2n) is 3.66. The minimum absolute atomic E-state index is 0.0136. The molecule has 0 bridgehead atoms. The van der Waals surface area contributed by atoms with Gasteiger partial charge in [-0.25, -0.2) is 14.2 Å². The summed E-state index contributed by atoms with van der Waals surface area (Å²) in [5.74, 6) is -1.19. The third-order valence-corrected chi connectivity index (χ3v) is 2.68. The first-order valence-electron chi connectivity index (χ1n) is 5.50. The number of aromatic nitrogens is 2. The zero-order chi connectivity index (χ0) is 14.0. The average Bonchev–Trinajstić information content (AvgIpc) is 2.72. The van der Waals surface area contributed by atoms with Crippen molar-refractivity contribution >= 4 is 23.4 Å². The number of hydrogen-bond donors (Lipinski definition) is 1. The van der Waals surface area contributed by atoms with Gasteiger partial charge in [-0.05, 0) is 25.1 Å². The molecule has 0 aliphatic heterocycles. The van der Waals surface area contributed by atoms with Crippen LogP contribution in [0.5, 0.6) is 0 Å². The van der Waals surface area contributed by atoms with Crippen LogP contribution in [0.4, 0.5) is 10.2 Å². The second-order valence-corrected chi connectivity index (χ2v) is 4.10. The van der Waals surface area contributed by atoms with Crippen molar-refractivity contribution in [2.75, 3.05) is 12.3 Å². The molecule has 7 heteroatoms. The number of nitrogen functional groups attached to an aromatic ring is 1. The summed E-state index contributed by atoms with van der Waals surface area (Å²) in [5, 5.41) is 0.269. The van der Waals surface area contributed by atoms with Crippen molar-refractivity contribution in [2.24, 2.45) is 0 Å². The first-order valence-corrected chi connectivity index (χ1v) is 5.87. The monoisotopic (exact) mass is 283 g/mol. The highest BCUT2D eigenvalue weighted by atomic mass is 35.5. The minimum Gasteiger partial charge on any atom is -0.461 e. The van der Waals surface area contributed by atoms with Gasteiger partial charge in [0, 0.05) is 5.02 Å². The van der Waals surface area contributed by atoms with Crippen LogP contribution in [0.2, 0.25) is 5.02 Å². The molecular weight excluding hydrogens is 273 g/mol. The molecule has 100 valence electrons. The van der Waals surface area contributed by atoms with Gasteiger partial charge in [-0.2, -0.15) is 0 Å². The molecule has 0 unspecified atom stereocenters. The fourth-order valence-electron chi connectivity index (χ4n) is 1.58. The van der Waals surface area contributed by atoms with E-state index in [1.165, 1.54) is 23.0 Å². The number of nitrogens with two attached hydrogens (primary N) is 1. The van der Waals surface area contributed by atoms with Crippen molar-refractivity contribution in [1.82, 2.24) is 9.55 Å². The average molecular weight is 284 g/mol. The Morgan fingerprint density at radius 2 is 2.32 bits per heavy atom. The second kappa shape index (κ2) is 5.27. The molecule has 2 N–H and O–H groups in total. The van der Waals surface area contributed by atoms with E-state index in [2.05, 4.69) is 4.98 Å². The molecule has 2 aromatic rings. The summed E-state index contributed by atoms with van der Waals surface area (Å²) in [6, 6.07) is 4.12. The molecule has 5 nitrogen and oxygen atoms in total. The molecule has 19 heavy (non-hydrogen) atoms. The van der Waals surface area contributed by atoms with Crippen LogP contribution in [-0.2, 0) is 4.74 Å². The van der Waals surface area contributed by atoms with Gasteiger partial charge in [-0.15, -0.1) is 0 Å². The van der Waals surface area contributed by atoms with E-state index in [0.29, 0.717) is 0 Å². The largest absolute Gasteiger partial charge is 0.461 e. The Morgan fingerprint density at radius 1 is 1.58 bits per heavy atom. The highest BCUT2D eigenvalue weighted by Gasteiger charge is 2.19. The number of imidazole rings is 1. The van der Waals surface area contributed by atoms with E-state index in [9.17, 15) is 9.18 Å². The lowest BCUT2D eigenvalue weighted by molar-refractivity contribution is 0.0521. The highest BCUT2D eigenvalue weighted by molar-refractivity contribution is 6.30. The molecule has 1 heterocycles. The summed E-state index contributed by atoms with van der Waals surface area (Å²) >= 11 is 5.67. The maximum Gasteiger partial charge on any atom is 0.360 e. The molecule has 0 radical (unpaired) electrons. The van der Waals surface area contributed by atoms with Gasteiger partial charge in [0.25, 0.3) is 0 Å². The molecule has 1 aromatic carbocycles. The van der Waals surface area contributed by atoms with Crippen LogP contribution in [0.25, 0.3) is 5.69 Å². The maximum atomic E-state index is 13.8. The molecule has 0 fully saturated rings. The summed E-state index contributed by atoms with van der Waals surface area (Å²) in [4.78, 5) is 15.4. The maximum absolute atomic E-state index is 13.8. The molecule has 0 saturated heterocycles. The normalized spacial score (nSPS) is 10.5. The van der Waals surface area contributed by atoms with Crippen molar-refractivity contribution in [3.05, 3.63) is 41.1 Å². The van der Waals surface area contributed by atoms with Crippen LogP contribution >= 0.6 is 11.6 Å².